The van der Waals surface area contributed by atoms with Crippen LogP contribution in [0.2, 0.25) is 0 Å². The first-order valence-corrected chi connectivity index (χ1v) is 11.9. The number of hydrogen-bond acceptors (Lipinski definition) is 4. The molecule has 158 valence electrons. The van der Waals surface area contributed by atoms with Crippen LogP contribution in [-0.4, -0.2) is 29.8 Å². The highest BCUT2D eigenvalue weighted by molar-refractivity contribution is 7.92. The van der Waals surface area contributed by atoms with Crippen LogP contribution in [0.25, 0.3) is 21.9 Å². The molecule has 0 saturated carbocycles. The van der Waals surface area contributed by atoms with Crippen LogP contribution < -0.4 is 5.56 Å². The summed E-state index contributed by atoms with van der Waals surface area (Å²) in [5.74, 6) is -0.332. The van der Waals surface area contributed by atoms with Gasteiger partial charge in [0.15, 0.2) is 15.6 Å². The van der Waals surface area contributed by atoms with Gasteiger partial charge in [0.1, 0.15) is 4.75 Å². The predicted octanol–water partition coefficient (Wildman–Crippen LogP) is 4.15. The third-order valence-electron chi connectivity index (χ3n) is 5.92. The van der Waals surface area contributed by atoms with E-state index in [4.69, 9.17) is 0 Å². The number of pyridine rings is 1. The minimum Gasteiger partial charge on any atom is -0.315 e. The van der Waals surface area contributed by atoms with Gasteiger partial charge in [0.05, 0.1) is 0 Å². The Morgan fingerprint density at radius 3 is 2.27 bits per heavy atom. The van der Waals surface area contributed by atoms with Gasteiger partial charge >= 0.3 is 0 Å². The van der Waals surface area contributed by atoms with Crippen molar-refractivity contribution in [1.29, 1.82) is 0 Å². The predicted molar refractivity (Wildman–Crippen MR) is 122 cm³/mol. The van der Waals surface area contributed by atoms with Gasteiger partial charge in [-0.15, -0.1) is 0 Å². The van der Waals surface area contributed by atoms with Crippen LogP contribution in [0, 0.1) is 6.92 Å². The Bertz CT molecular complexity index is 1260. The van der Waals surface area contributed by atoms with Crippen molar-refractivity contribution in [3.63, 3.8) is 0 Å². The molecule has 0 N–H and O–H groups in total. The summed E-state index contributed by atoms with van der Waals surface area (Å²) in [6.07, 6.45) is 2.95. The molecule has 1 aromatic heterocycles. The number of ketones is 1. The summed E-state index contributed by atoms with van der Waals surface area (Å²) < 4.78 is 24.5. The Balaban J connectivity index is 1.94. The Morgan fingerprint density at radius 1 is 1.03 bits per heavy atom. The fourth-order valence-electron chi connectivity index (χ4n) is 3.63. The number of Topliss-reactive ketones (excluding diaryl/α,β-unsaturated/α-hetero) is 1. The SMILES string of the molecule is CCC(=O)[C@@](C)(CCn1ccc2cc(-c3ccc(C)cc3)ccc2c1=O)S(C)(=O)=O. The molecule has 0 aliphatic carbocycles. The molecule has 0 amide bonds. The molecular formula is C24H27NO4S. The maximum absolute atomic E-state index is 13.0. The molecule has 5 nitrogen and oxygen atoms in total. The van der Waals surface area contributed by atoms with Gasteiger partial charge in [0.2, 0.25) is 0 Å². The van der Waals surface area contributed by atoms with Gasteiger partial charge < -0.3 is 4.57 Å². The zero-order valence-corrected chi connectivity index (χ0v) is 18.6. The van der Waals surface area contributed by atoms with Crippen molar-refractivity contribution in [2.75, 3.05) is 6.26 Å². The van der Waals surface area contributed by atoms with Gasteiger partial charge in [-0.05, 0) is 55.0 Å². The first-order valence-electron chi connectivity index (χ1n) is 10.00. The van der Waals surface area contributed by atoms with Crippen LogP contribution in [0.5, 0.6) is 0 Å². The highest BCUT2D eigenvalue weighted by atomic mass is 32.2. The standard InChI is InChI=1S/C24H27NO4S/c1-5-22(26)24(3,30(4,28)29)13-15-25-14-12-20-16-19(10-11-21(20)23(25)27)18-8-6-17(2)7-9-18/h6-12,14,16H,5,13,15H2,1-4H3/t24-/m1/s1. The molecule has 0 bridgehead atoms. The molecule has 0 fully saturated rings. The molecular weight excluding hydrogens is 398 g/mol. The number of aromatic nitrogens is 1. The number of aryl methyl sites for hydroxylation is 2. The Kier molecular flexibility index (Phi) is 5.99. The third kappa shape index (κ3) is 4.10. The van der Waals surface area contributed by atoms with Gasteiger partial charge in [-0.2, -0.15) is 0 Å². The zero-order valence-electron chi connectivity index (χ0n) is 17.8. The summed E-state index contributed by atoms with van der Waals surface area (Å²) in [5, 5.41) is 1.39. The van der Waals surface area contributed by atoms with E-state index in [9.17, 15) is 18.0 Å². The Hall–Kier alpha value is -2.73. The number of rotatable bonds is 7. The van der Waals surface area contributed by atoms with E-state index in [2.05, 4.69) is 12.1 Å². The van der Waals surface area contributed by atoms with Crippen molar-refractivity contribution in [1.82, 2.24) is 4.57 Å². The number of carbonyl (C=O) groups excluding carboxylic acids is 1. The molecule has 0 saturated heterocycles. The monoisotopic (exact) mass is 425 g/mol. The number of sulfone groups is 1. The highest BCUT2D eigenvalue weighted by Gasteiger charge is 2.41. The van der Waals surface area contributed by atoms with Gasteiger partial charge in [-0.25, -0.2) is 8.42 Å². The maximum atomic E-state index is 13.0. The summed E-state index contributed by atoms with van der Waals surface area (Å²) in [7, 11) is -3.61. The quantitative estimate of drug-likeness (QED) is 0.570. The molecule has 1 heterocycles. The van der Waals surface area contributed by atoms with Gasteiger partial charge in [-0.1, -0.05) is 42.8 Å². The lowest BCUT2D eigenvalue weighted by molar-refractivity contribution is -0.121. The minimum absolute atomic E-state index is 0.0609. The van der Waals surface area contributed by atoms with Gasteiger partial charge in [-0.3, -0.25) is 9.59 Å². The second-order valence-corrected chi connectivity index (χ2v) is 10.5. The van der Waals surface area contributed by atoms with Crippen molar-refractivity contribution < 1.29 is 13.2 Å². The second kappa shape index (κ2) is 8.19. The van der Waals surface area contributed by atoms with E-state index in [0.29, 0.717) is 5.39 Å². The van der Waals surface area contributed by atoms with Crippen LogP contribution in [-0.2, 0) is 21.2 Å². The second-order valence-electron chi connectivity index (χ2n) is 8.01. The lowest BCUT2D eigenvalue weighted by atomic mass is 9.99. The molecule has 0 radical (unpaired) electrons. The van der Waals surface area contributed by atoms with Crippen molar-refractivity contribution in [3.05, 3.63) is 70.6 Å². The highest BCUT2D eigenvalue weighted by Crippen LogP contribution is 2.26. The van der Waals surface area contributed by atoms with Crippen molar-refractivity contribution >= 4 is 26.4 Å². The van der Waals surface area contributed by atoms with E-state index in [1.165, 1.54) is 17.1 Å². The van der Waals surface area contributed by atoms with Crippen molar-refractivity contribution in [2.45, 2.75) is 44.9 Å². The minimum atomic E-state index is -3.61. The zero-order chi connectivity index (χ0) is 22.1. The number of hydrogen-bond donors (Lipinski definition) is 0. The van der Waals surface area contributed by atoms with Crippen molar-refractivity contribution in [3.8, 4) is 11.1 Å². The summed E-state index contributed by atoms with van der Waals surface area (Å²) >= 11 is 0. The molecule has 6 heteroatoms. The number of nitrogens with zero attached hydrogens (tertiary/aromatic N) is 1. The number of carbonyl (C=O) groups is 1. The molecule has 2 aromatic carbocycles. The molecule has 3 rings (SSSR count). The Labute approximate surface area is 177 Å². The van der Waals surface area contributed by atoms with Gasteiger partial charge in [0, 0.05) is 30.8 Å². The molecule has 0 aliphatic rings. The molecule has 30 heavy (non-hydrogen) atoms. The van der Waals surface area contributed by atoms with E-state index in [1.54, 1.807) is 19.2 Å². The molecule has 0 unspecified atom stereocenters. The largest absolute Gasteiger partial charge is 0.315 e. The number of benzene rings is 2. The van der Waals surface area contributed by atoms with E-state index < -0.39 is 14.6 Å². The van der Waals surface area contributed by atoms with E-state index in [1.807, 2.05) is 37.3 Å². The normalized spacial score (nSPS) is 13.9. The lowest BCUT2D eigenvalue weighted by Gasteiger charge is -2.26. The lowest BCUT2D eigenvalue weighted by Crippen LogP contribution is -2.44. The van der Waals surface area contributed by atoms with E-state index in [-0.39, 0.29) is 30.7 Å². The van der Waals surface area contributed by atoms with E-state index >= 15 is 0 Å². The molecule has 1 atom stereocenters. The smallest absolute Gasteiger partial charge is 0.258 e. The maximum Gasteiger partial charge on any atom is 0.258 e. The van der Waals surface area contributed by atoms with Gasteiger partial charge in [0.25, 0.3) is 5.56 Å². The average molecular weight is 426 g/mol. The van der Waals surface area contributed by atoms with Crippen LogP contribution in [0.4, 0.5) is 0 Å². The summed E-state index contributed by atoms with van der Waals surface area (Å²) in [6.45, 7) is 5.30. The van der Waals surface area contributed by atoms with Crippen LogP contribution in [0.3, 0.4) is 0 Å². The molecule has 3 aromatic rings. The fraction of sp³-hybridized carbons (Fsp3) is 0.333. The topological polar surface area (TPSA) is 73.2 Å². The van der Waals surface area contributed by atoms with Crippen molar-refractivity contribution in [2.24, 2.45) is 0 Å². The third-order valence-corrected chi connectivity index (χ3v) is 7.99. The van der Waals surface area contributed by atoms with E-state index in [0.717, 1.165) is 22.8 Å². The first kappa shape index (κ1) is 22.0. The molecule has 0 aliphatic heterocycles. The first-order chi connectivity index (χ1) is 14.1. The summed E-state index contributed by atoms with van der Waals surface area (Å²) in [6, 6.07) is 15.8. The Morgan fingerprint density at radius 2 is 1.67 bits per heavy atom. The summed E-state index contributed by atoms with van der Waals surface area (Å²) in [4.78, 5) is 25.3. The average Bonchev–Trinajstić information content (AvgIpc) is 2.72. The summed E-state index contributed by atoms with van der Waals surface area (Å²) in [5.41, 5.74) is 3.10. The number of fused-ring (bicyclic) bond motifs is 1. The molecule has 0 spiro atoms. The van der Waals surface area contributed by atoms with Crippen LogP contribution >= 0.6 is 0 Å². The fourth-order valence-corrected chi connectivity index (χ4v) is 4.65. The van der Waals surface area contributed by atoms with Crippen LogP contribution in [0.15, 0.2) is 59.5 Å². The van der Waals surface area contributed by atoms with Crippen LogP contribution in [0.1, 0.15) is 32.3 Å².